The fourth-order valence-corrected chi connectivity index (χ4v) is 2.97. The predicted molar refractivity (Wildman–Crippen MR) is 96.9 cm³/mol. The van der Waals surface area contributed by atoms with Crippen molar-refractivity contribution in [3.05, 3.63) is 59.8 Å². The van der Waals surface area contributed by atoms with E-state index in [1.54, 1.807) is 32.3 Å². The Kier molecular flexibility index (Phi) is 4.58. The highest BCUT2D eigenvalue weighted by Gasteiger charge is 2.17. The molecule has 26 heavy (non-hydrogen) atoms. The summed E-state index contributed by atoms with van der Waals surface area (Å²) < 4.78 is 24.5. The summed E-state index contributed by atoms with van der Waals surface area (Å²) in [5.41, 5.74) is 2.13. The molecule has 0 bridgehead atoms. The van der Waals surface area contributed by atoms with Gasteiger partial charge in [-0.05, 0) is 36.8 Å². The standard InChI is InChI=1S/C17H17N5O3S/c1-11-6-7-12(26(18,24)25)9-13(11)17(23)20-16-10-15(21-22(16)2)14-5-3-4-8-19-14/h3-10H,1-2H3,(H,20,23)(H2,18,24,25). The SMILES string of the molecule is Cc1ccc(S(N)(=O)=O)cc1C(=O)Nc1cc(-c2ccccn2)nn1C. The van der Waals surface area contributed by atoms with Crippen LogP contribution in [0.5, 0.6) is 0 Å². The number of nitrogens with one attached hydrogen (secondary N) is 1. The number of sulfonamides is 1. The number of anilines is 1. The number of benzene rings is 1. The minimum absolute atomic E-state index is 0.118. The van der Waals surface area contributed by atoms with Crippen LogP contribution in [0.15, 0.2) is 53.6 Å². The number of rotatable bonds is 4. The lowest BCUT2D eigenvalue weighted by Crippen LogP contribution is -2.18. The molecule has 0 radical (unpaired) electrons. The van der Waals surface area contributed by atoms with E-state index in [1.165, 1.54) is 22.9 Å². The normalized spacial score (nSPS) is 11.3. The zero-order chi connectivity index (χ0) is 18.9. The number of hydrogen-bond acceptors (Lipinski definition) is 5. The number of hydrogen-bond donors (Lipinski definition) is 2. The number of nitrogens with zero attached hydrogens (tertiary/aromatic N) is 3. The van der Waals surface area contributed by atoms with Crippen LogP contribution in [-0.4, -0.2) is 29.1 Å². The molecule has 1 amide bonds. The van der Waals surface area contributed by atoms with Crippen LogP contribution >= 0.6 is 0 Å². The monoisotopic (exact) mass is 371 g/mol. The number of aryl methyl sites for hydroxylation is 2. The first-order valence-electron chi connectivity index (χ1n) is 7.66. The average Bonchev–Trinajstić information content (AvgIpc) is 2.95. The molecule has 0 atom stereocenters. The number of nitrogens with two attached hydrogens (primary N) is 1. The van der Waals surface area contributed by atoms with Gasteiger partial charge in [0.05, 0.1) is 10.6 Å². The van der Waals surface area contributed by atoms with Gasteiger partial charge in [-0.1, -0.05) is 12.1 Å². The highest BCUT2D eigenvalue weighted by molar-refractivity contribution is 7.89. The lowest BCUT2D eigenvalue weighted by molar-refractivity contribution is 0.102. The molecule has 0 saturated heterocycles. The van der Waals surface area contributed by atoms with E-state index in [9.17, 15) is 13.2 Å². The van der Waals surface area contributed by atoms with Gasteiger partial charge in [-0.25, -0.2) is 13.6 Å². The maximum absolute atomic E-state index is 12.6. The Morgan fingerprint density at radius 1 is 1.15 bits per heavy atom. The van der Waals surface area contributed by atoms with E-state index in [1.807, 2.05) is 12.1 Å². The molecule has 3 aromatic rings. The summed E-state index contributed by atoms with van der Waals surface area (Å²) in [7, 11) is -2.20. The van der Waals surface area contributed by atoms with Crippen LogP contribution in [0.2, 0.25) is 0 Å². The van der Waals surface area contributed by atoms with Gasteiger partial charge in [0.1, 0.15) is 11.5 Å². The van der Waals surface area contributed by atoms with Crippen molar-refractivity contribution in [2.24, 2.45) is 12.2 Å². The van der Waals surface area contributed by atoms with Crippen molar-refractivity contribution in [2.75, 3.05) is 5.32 Å². The quantitative estimate of drug-likeness (QED) is 0.723. The lowest BCUT2D eigenvalue weighted by atomic mass is 10.1. The Balaban J connectivity index is 1.91. The molecule has 134 valence electrons. The number of carbonyl (C=O) groups excluding carboxylic acids is 1. The smallest absolute Gasteiger partial charge is 0.257 e. The largest absolute Gasteiger partial charge is 0.307 e. The summed E-state index contributed by atoms with van der Waals surface area (Å²) in [6.45, 7) is 1.71. The molecule has 0 spiro atoms. The van der Waals surface area contributed by atoms with E-state index in [0.29, 0.717) is 22.8 Å². The van der Waals surface area contributed by atoms with Gasteiger partial charge in [0, 0.05) is 24.9 Å². The van der Waals surface area contributed by atoms with Crippen molar-refractivity contribution in [3.63, 3.8) is 0 Å². The van der Waals surface area contributed by atoms with Crippen LogP contribution in [0.3, 0.4) is 0 Å². The number of amides is 1. The van der Waals surface area contributed by atoms with E-state index in [-0.39, 0.29) is 10.5 Å². The third-order valence-corrected chi connectivity index (χ3v) is 4.74. The Labute approximate surface area is 150 Å². The molecule has 3 N–H and O–H groups in total. The van der Waals surface area contributed by atoms with E-state index in [4.69, 9.17) is 5.14 Å². The molecule has 3 rings (SSSR count). The number of carbonyl (C=O) groups is 1. The second-order valence-corrected chi connectivity index (χ2v) is 7.29. The molecule has 2 aromatic heterocycles. The average molecular weight is 371 g/mol. The molecule has 0 saturated carbocycles. The summed E-state index contributed by atoms with van der Waals surface area (Å²) in [6.07, 6.45) is 1.66. The highest BCUT2D eigenvalue weighted by Crippen LogP contribution is 2.21. The first-order chi connectivity index (χ1) is 12.3. The van der Waals surface area contributed by atoms with E-state index < -0.39 is 15.9 Å². The first kappa shape index (κ1) is 17.8. The fourth-order valence-electron chi connectivity index (χ4n) is 2.43. The molecule has 8 nitrogen and oxygen atoms in total. The molecular weight excluding hydrogens is 354 g/mol. The van der Waals surface area contributed by atoms with Crippen molar-refractivity contribution >= 4 is 21.7 Å². The van der Waals surface area contributed by atoms with Gasteiger partial charge in [0.15, 0.2) is 0 Å². The molecule has 0 aliphatic carbocycles. The molecule has 9 heteroatoms. The second-order valence-electron chi connectivity index (χ2n) is 5.73. The van der Waals surface area contributed by atoms with Gasteiger partial charge in [-0.2, -0.15) is 5.10 Å². The van der Waals surface area contributed by atoms with Gasteiger partial charge < -0.3 is 5.32 Å². The van der Waals surface area contributed by atoms with Crippen LogP contribution < -0.4 is 10.5 Å². The third kappa shape index (κ3) is 3.63. The van der Waals surface area contributed by atoms with Crippen LogP contribution in [-0.2, 0) is 17.1 Å². The molecule has 0 unspecified atom stereocenters. The summed E-state index contributed by atoms with van der Waals surface area (Å²) in [4.78, 5) is 16.7. The van der Waals surface area contributed by atoms with Crippen LogP contribution in [0, 0.1) is 6.92 Å². The van der Waals surface area contributed by atoms with Gasteiger partial charge in [-0.15, -0.1) is 0 Å². The summed E-state index contributed by atoms with van der Waals surface area (Å²) in [6, 6.07) is 11.3. The summed E-state index contributed by atoms with van der Waals surface area (Å²) in [5.74, 6) is -0.000340. The molecule has 2 heterocycles. The molecule has 0 aliphatic rings. The van der Waals surface area contributed by atoms with E-state index in [0.717, 1.165) is 0 Å². The van der Waals surface area contributed by atoms with Crippen LogP contribution in [0.25, 0.3) is 11.4 Å². The molecular formula is C17H17N5O3S. The zero-order valence-corrected chi connectivity index (χ0v) is 15.0. The zero-order valence-electron chi connectivity index (χ0n) is 14.2. The maximum Gasteiger partial charge on any atom is 0.257 e. The van der Waals surface area contributed by atoms with Crippen molar-refractivity contribution < 1.29 is 13.2 Å². The van der Waals surface area contributed by atoms with Gasteiger partial charge >= 0.3 is 0 Å². The second kappa shape index (κ2) is 6.70. The number of pyridine rings is 1. The first-order valence-corrected chi connectivity index (χ1v) is 9.20. The Hall–Kier alpha value is -3.04. The molecule has 0 fully saturated rings. The molecule has 0 aliphatic heterocycles. The van der Waals surface area contributed by atoms with Crippen LogP contribution in [0.1, 0.15) is 15.9 Å². The predicted octanol–water partition coefficient (Wildman–Crippen LogP) is 1.69. The Morgan fingerprint density at radius 3 is 2.58 bits per heavy atom. The Bertz CT molecular complexity index is 1080. The van der Waals surface area contributed by atoms with Crippen molar-refractivity contribution in [3.8, 4) is 11.4 Å². The van der Waals surface area contributed by atoms with E-state index >= 15 is 0 Å². The summed E-state index contributed by atoms with van der Waals surface area (Å²) in [5, 5.41) is 12.2. The minimum atomic E-state index is -3.89. The fraction of sp³-hybridized carbons (Fsp3) is 0.118. The van der Waals surface area contributed by atoms with Crippen molar-refractivity contribution in [1.29, 1.82) is 0 Å². The van der Waals surface area contributed by atoms with Gasteiger partial charge in [0.25, 0.3) is 5.91 Å². The maximum atomic E-state index is 12.6. The Morgan fingerprint density at radius 2 is 1.92 bits per heavy atom. The number of primary sulfonamides is 1. The molecule has 1 aromatic carbocycles. The number of aromatic nitrogens is 3. The summed E-state index contributed by atoms with van der Waals surface area (Å²) >= 11 is 0. The minimum Gasteiger partial charge on any atom is -0.307 e. The van der Waals surface area contributed by atoms with Gasteiger partial charge in [0.2, 0.25) is 10.0 Å². The van der Waals surface area contributed by atoms with Crippen molar-refractivity contribution in [2.45, 2.75) is 11.8 Å². The van der Waals surface area contributed by atoms with E-state index in [2.05, 4.69) is 15.4 Å². The lowest BCUT2D eigenvalue weighted by Gasteiger charge is -2.09. The topological polar surface area (TPSA) is 120 Å². The third-order valence-electron chi connectivity index (χ3n) is 3.83. The van der Waals surface area contributed by atoms with Gasteiger partial charge in [-0.3, -0.25) is 14.5 Å². The van der Waals surface area contributed by atoms with Crippen molar-refractivity contribution in [1.82, 2.24) is 14.8 Å². The highest BCUT2D eigenvalue weighted by atomic mass is 32.2. The van der Waals surface area contributed by atoms with Crippen LogP contribution in [0.4, 0.5) is 5.82 Å².